The third-order valence-electron chi connectivity index (χ3n) is 3.71. The smallest absolute Gasteiger partial charge is 0.101 e. The third kappa shape index (κ3) is 2.71. The van der Waals surface area contributed by atoms with E-state index in [9.17, 15) is 0 Å². The molecule has 2 N–H and O–H groups in total. The highest BCUT2D eigenvalue weighted by atomic mass is 35.5. The Morgan fingerprint density at radius 3 is 2.47 bits per heavy atom. The number of hydrogen-bond acceptors (Lipinski definition) is 3. The second-order valence-corrected chi connectivity index (χ2v) is 6.65. The van der Waals surface area contributed by atoms with E-state index < -0.39 is 0 Å². The quantitative estimate of drug-likeness (QED) is 0.931. The van der Waals surface area contributed by atoms with Crippen LogP contribution in [0.15, 0.2) is 12.1 Å². The molecule has 2 heterocycles. The van der Waals surface area contributed by atoms with E-state index in [4.69, 9.17) is 17.3 Å². The van der Waals surface area contributed by atoms with Gasteiger partial charge in [0.25, 0.3) is 0 Å². The van der Waals surface area contributed by atoms with Crippen molar-refractivity contribution in [1.29, 1.82) is 0 Å². The molecule has 0 spiro atoms. The lowest BCUT2D eigenvalue weighted by Crippen LogP contribution is -2.33. The lowest BCUT2D eigenvalue weighted by atomic mass is 10.0. The molecule has 19 heavy (non-hydrogen) atoms. The predicted octanol–water partition coefficient (Wildman–Crippen LogP) is 3.85. The van der Waals surface area contributed by atoms with Crippen LogP contribution >= 0.6 is 22.9 Å². The van der Waals surface area contributed by atoms with Crippen LogP contribution in [-0.2, 0) is 0 Å². The molecule has 0 radical (unpaired) electrons. The number of halogens is 1. The molecule has 0 aliphatic rings. The zero-order chi connectivity index (χ0) is 14.2. The average molecular weight is 298 g/mol. The molecule has 0 bridgehead atoms. The molecule has 0 saturated carbocycles. The molecular formula is C14H20ClN3S. The minimum atomic E-state index is 0.0344. The lowest BCUT2D eigenvalue weighted by Gasteiger charge is -2.24. The summed E-state index contributed by atoms with van der Waals surface area (Å²) in [5.74, 6) is 0. The summed E-state index contributed by atoms with van der Waals surface area (Å²) in [5.41, 5.74) is 9.79. The molecule has 2 rings (SSSR count). The van der Waals surface area contributed by atoms with Crippen LogP contribution in [-0.4, -0.2) is 15.8 Å². The molecule has 2 aromatic rings. The minimum Gasteiger partial charge on any atom is -0.326 e. The largest absolute Gasteiger partial charge is 0.326 e. The van der Waals surface area contributed by atoms with E-state index in [1.54, 1.807) is 11.3 Å². The van der Waals surface area contributed by atoms with Gasteiger partial charge >= 0.3 is 0 Å². The van der Waals surface area contributed by atoms with Gasteiger partial charge in [0.05, 0.1) is 10.0 Å². The van der Waals surface area contributed by atoms with E-state index in [-0.39, 0.29) is 12.1 Å². The summed E-state index contributed by atoms with van der Waals surface area (Å²) in [7, 11) is 0. The van der Waals surface area contributed by atoms with Gasteiger partial charge in [0.1, 0.15) is 6.04 Å². The summed E-state index contributed by atoms with van der Waals surface area (Å²) >= 11 is 7.65. The predicted molar refractivity (Wildman–Crippen MR) is 82.2 cm³/mol. The Morgan fingerprint density at radius 1 is 1.37 bits per heavy atom. The zero-order valence-electron chi connectivity index (χ0n) is 11.8. The summed E-state index contributed by atoms with van der Waals surface area (Å²) in [6, 6.07) is 4.08. The molecule has 0 saturated heterocycles. The SMILES string of the molecule is CCC(N)C(c1ccc(Cl)s1)n1nc(C)c(C)c1C. The van der Waals surface area contributed by atoms with Crippen molar-refractivity contribution in [2.75, 3.05) is 0 Å². The number of aromatic nitrogens is 2. The maximum Gasteiger partial charge on any atom is 0.101 e. The van der Waals surface area contributed by atoms with Crippen molar-refractivity contribution in [2.45, 2.75) is 46.2 Å². The number of nitrogens with zero attached hydrogens (tertiary/aromatic N) is 2. The Kier molecular flexibility index (Phi) is 4.33. The lowest BCUT2D eigenvalue weighted by molar-refractivity contribution is 0.421. The van der Waals surface area contributed by atoms with E-state index in [1.807, 2.05) is 13.0 Å². The van der Waals surface area contributed by atoms with Crippen molar-refractivity contribution in [3.8, 4) is 0 Å². The molecule has 0 aliphatic carbocycles. The minimum absolute atomic E-state index is 0.0344. The molecule has 2 unspecified atom stereocenters. The molecule has 104 valence electrons. The van der Waals surface area contributed by atoms with Crippen molar-refractivity contribution in [3.63, 3.8) is 0 Å². The normalized spacial score (nSPS) is 14.6. The van der Waals surface area contributed by atoms with Crippen molar-refractivity contribution < 1.29 is 0 Å². The second kappa shape index (κ2) is 5.65. The Morgan fingerprint density at radius 2 is 2.05 bits per heavy atom. The maximum absolute atomic E-state index is 6.32. The highest BCUT2D eigenvalue weighted by Gasteiger charge is 2.25. The first-order valence-electron chi connectivity index (χ1n) is 6.48. The van der Waals surface area contributed by atoms with Gasteiger partial charge in [-0.3, -0.25) is 4.68 Å². The molecule has 2 aromatic heterocycles. The molecule has 2 atom stereocenters. The molecule has 0 fully saturated rings. The van der Waals surface area contributed by atoms with Crippen molar-refractivity contribution in [3.05, 3.63) is 38.3 Å². The molecule has 5 heteroatoms. The number of rotatable bonds is 4. The standard InChI is InChI=1S/C14H20ClN3S/c1-5-11(16)14(12-6-7-13(15)19-12)18-10(4)8(2)9(3)17-18/h6-7,11,14H,5,16H2,1-4H3. The van der Waals surface area contributed by atoms with Gasteiger partial charge in [-0.2, -0.15) is 5.10 Å². The summed E-state index contributed by atoms with van der Waals surface area (Å²) in [6.45, 7) is 8.34. The first-order chi connectivity index (χ1) is 8.95. The maximum atomic E-state index is 6.32. The van der Waals surface area contributed by atoms with Crippen molar-refractivity contribution in [1.82, 2.24) is 9.78 Å². The molecule has 0 aliphatic heterocycles. The van der Waals surface area contributed by atoms with Crippen LogP contribution in [0, 0.1) is 20.8 Å². The topological polar surface area (TPSA) is 43.8 Å². The Hall–Kier alpha value is -0.840. The van der Waals surface area contributed by atoms with E-state index in [2.05, 4.69) is 36.6 Å². The molecule has 0 aromatic carbocycles. The summed E-state index contributed by atoms with van der Waals surface area (Å²) in [5, 5.41) is 4.67. The fourth-order valence-electron chi connectivity index (χ4n) is 2.24. The highest BCUT2D eigenvalue weighted by molar-refractivity contribution is 7.16. The first-order valence-corrected chi connectivity index (χ1v) is 7.68. The number of aryl methyl sites for hydroxylation is 1. The van der Waals surface area contributed by atoms with Gasteiger partial charge in [0.2, 0.25) is 0 Å². The van der Waals surface area contributed by atoms with Gasteiger partial charge in [0, 0.05) is 16.6 Å². The van der Waals surface area contributed by atoms with Crippen LogP contribution in [0.2, 0.25) is 4.34 Å². The highest BCUT2D eigenvalue weighted by Crippen LogP contribution is 2.33. The number of hydrogen-bond donors (Lipinski definition) is 1. The first kappa shape index (κ1) is 14.6. The Bertz CT molecular complexity index is 573. The van der Waals surface area contributed by atoms with E-state index in [1.165, 1.54) is 16.1 Å². The van der Waals surface area contributed by atoms with E-state index in [0.29, 0.717) is 0 Å². The second-order valence-electron chi connectivity index (χ2n) is 4.90. The van der Waals surface area contributed by atoms with E-state index >= 15 is 0 Å². The van der Waals surface area contributed by atoms with Crippen LogP contribution in [0.5, 0.6) is 0 Å². The van der Waals surface area contributed by atoms with Crippen molar-refractivity contribution >= 4 is 22.9 Å². The van der Waals surface area contributed by atoms with Gasteiger partial charge in [-0.15, -0.1) is 11.3 Å². The van der Waals surface area contributed by atoms with Gasteiger partial charge < -0.3 is 5.73 Å². The number of thiophene rings is 1. The van der Waals surface area contributed by atoms with Crippen LogP contribution in [0.3, 0.4) is 0 Å². The average Bonchev–Trinajstić information content (AvgIpc) is 2.90. The summed E-state index contributed by atoms with van der Waals surface area (Å²) in [4.78, 5) is 1.17. The van der Waals surface area contributed by atoms with Crippen LogP contribution < -0.4 is 5.73 Å². The summed E-state index contributed by atoms with van der Waals surface area (Å²) < 4.78 is 2.85. The van der Waals surface area contributed by atoms with Gasteiger partial charge in [0.15, 0.2) is 0 Å². The molecule has 3 nitrogen and oxygen atoms in total. The van der Waals surface area contributed by atoms with Gasteiger partial charge in [-0.05, 0) is 44.9 Å². The molecular weight excluding hydrogens is 278 g/mol. The number of nitrogens with two attached hydrogens (primary N) is 1. The van der Waals surface area contributed by atoms with Crippen LogP contribution in [0.25, 0.3) is 0 Å². The Labute approximate surface area is 123 Å². The fraction of sp³-hybridized carbons (Fsp3) is 0.500. The third-order valence-corrected chi connectivity index (χ3v) is 5.01. The van der Waals surface area contributed by atoms with E-state index in [0.717, 1.165) is 16.5 Å². The Balaban J connectivity index is 2.52. The van der Waals surface area contributed by atoms with Gasteiger partial charge in [-0.1, -0.05) is 18.5 Å². The van der Waals surface area contributed by atoms with Crippen molar-refractivity contribution in [2.24, 2.45) is 5.73 Å². The van der Waals surface area contributed by atoms with Crippen LogP contribution in [0.1, 0.15) is 41.2 Å². The summed E-state index contributed by atoms with van der Waals surface area (Å²) in [6.07, 6.45) is 0.900. The van der Waals surface area contributed by atoms with Crippen LogP contribution in [0.4, 0.5) is 0 Å². The van der Waals surface area contributed by atoms with Gasteiger partial charge in [-0.25, -0.2) is 0 Å². The fourth-order valence-corrected chi connectivity index (χ4v) is 3.46. The zero-order valence-corrected chi connectivity index (χ0v) is 13.3. The molecule has 0 amide bonds. The monoisotopic (exact) mass is 297 g/mol.